The molecule has 0 radical (unpaired) electrons. The Morgan fingerprint density at radius 1 is 1.26 bits per heavy atom. The molecule has 2 aromatic rings. The summed E-state index contributed by atoms with van der Waals surface area (Å²) in [6, 6.07) is 6.53. The van der Waals surface area contributed by atoms with Crippen molar-refractivity contribution in [3.63, 3.8) is 0 Å². The molecule has 2 amide bonds. The fraction of sp³-hybridized carbons (Fsp3) is 0.368. The highest BCUT2D eigenvalue weighted by Crippen LogP contribution is 2.33. The fourth-order valence-electron chi connectivity index (χ4n) is 3.15. The van der Waals surface area contributed by atoms with E-state index in [1.807, 2.05) is 6.92 Å². The van der Waals surface area contributed by atoms with E-state index in [2.05, 4.69) is 10.3 Å². The zero-order valence-electron chi connectivity index (χ0n) is 14.8. The number of carbonyl (C=O) groups is 2. The summed E-state index contributed by atoms with van der Waals surface area (Å²) in [6.07, 6.45) is -3.30. The quantitative estimate of drug-likeness (QED) is 0.856. The Kier molecular flexibility index (Phi) is 5.25. The molecular formula is C19H20F3N3O2. The molecule has 0 aliphatic carbocycles. The van der Waals surface area contributed by atoms with Crippen LogP contribution in [0.25, 0.3) is 0 Å². The molecule has 0 saturated heterocycles. The normalized spacial score (nSPS) is 14.0. The molecule has 3 rings (SSSR count). The summed E-state index contributed by atoms with van der Waals surface area (Å²) in [7, 11) is 0. The van der Waals surface area contributed by atoms with E-state index in [0.29, 0.717) is 30.9 Å². The molecule has 144 valence electrons. The number of hydrogen-bond acceptors (Lipinski definition) is 2. The molecular weight excluding hydrogens is 359 g/mol. The van der Waals surface area contributed by atoms with Gasteiger partial charge in [0.1, 0.15) is 5.69 Å². The minimum Gasteiger partial charge on any atom is -0.353 e. The summed E-state index contributed by atoms with van der Waals surface area (Å²) in [4.78, 5) is 29.1. The highest BCUT2D eigenvalue weighted by atomic mass is 19.4. The number of amides is 2. The van der Waals surface area contributed by atoms with Crippen LogP contribution in [0.1, 0.15) is 51.0 Å². The maximum atomic E-state index is 13.2. The zero-order valence-corrected chi connectivity index (χ0v) is 14.8. The van der Waals surface area contributed by atoms with E-state index in [4.69, 9.17) is 0 Å². The molecule has 1 aromatic heterocycles. The van der Waals surface area contributed by atoms with Gasteiger partial charge in [-0.25, -0.2) is 0 Å². The molecule has 27 heavy (non-hydrogen) atoms. The predicted molar refractivity (Wildman–Crippen MR) is 93.3 cm³/mol. The number of carbonyl (C=O) groups excluding carboxylic acids is 2. The van der Waals surface area contributed by atoms with Crippen molar-refractivity contribution in [3.05, 3.63) is 58.4 Å². The topological polar surface area (TPSA) is 65.2 Å². The zero-order chi connectivity index (χ0) is 19.6. The van der Waals surface area contributed by atoms with Crippen molar-refractivity contribution in [2.75, 3.05) is 13.1 Å². The van der Waals surface area contributed by atoms with E-state index >= 15 is 0 Å². The number of nitrogens with zero attached hydrogens (tertiary/aromatic N) is 1. The molecule has 1 aromatic carbocycles. The number of alkyl halides is 3. The lowest BCUT2D eigenvalue weighted by molar-refractivity contribution is -0.138. The maximum Gasteiger partial charge on any atom is 0.417 e. The van der Waals surface area contributed by atoms with Crippen LogP contribution in [0.2, 0.25) is 0 Å². The Balaban J connectivity index is 1.80. The van der Waals surface area contributed by atoms with E-state index < -0.39 is 17.6 Å². The summed E-state index contributed by atoms with van der Waals surface area (Å²) in [5.74, 6) is -0.897. The van der Waals surface area contributed by atoms with Gasteiger partial charge in [0.05, 0.1) is 17.7 Å². The lowest BCUT2D eigenvalue weighted by Crippen LogP contribution is -2.36. The van der Waals surface area contributed by atoms with Gasteiger partial charge in [-0.2, -0.15) is 13.2 Å². The first kappa shape index (κ1) is 19.0. The van der Waals surface area contributed by atoms with Gasteiger partial charge in [-0.15, -0.1) is 0 Å². The van der Waals surface area contributed by atoms with Crippen LogP contribution in [0, 0.1) is 0 Å². The van der Waals surface area contributed by atoms with Crippen molar-refractivity contribution < 1.29 is 22.8 Å². The number of fused-ring (bicyclic) bond motifs is 1. The van der Waals surface area contributed by atoms with Crippen molar-refractivity contribution in [1.82, 2.24) is 15.2 Å². The number of benzene rings is 1. The molecule has 0 atom stereocenters. The van der Waals surface area contributed by atoms with Crippen LogP contribution in [-0.2, 0) is 19.1 Å². The summed E-state index contributed by atoms with van der Waals surface area (Å²) in [5.41, 5.74) is 0.691. The number of aromatic amines is 1. The van der Waals surface area contributed by atoms with Gasteiger partial charge in [0.2, 0.25) is 0 Å². The van der Waals surface area contributed by atoms with Gasteiger partial charge in [0, 0.05) is 18.8 Å². The van der Waals surface area contributed by atoms with E-state index in [-0.39, 0.29) is 18.0 Å². The van der Waals surface area contributed by atoms with Gasteiger partial charge in [-0.1, -0.05) is 19.1 Å². The fourth-order valence-corrected chi connectivity index (χ4v) is 3.15. The predicted octanol–water partition coefficient (Wildman–Crippen LogP) is 3.37. The lowest BCUT2D eigenvalue weighted by atomic mass is 10.0. The standard InChI is InChI=1S/C19H20F3N3O2/c1-2-8-23-17(26)15-10-12-7-9-25(11-16(12)24-15)18(27)13-5-3-4-6-14(13)19(20,21)22/h3-6,10,24H,2,7-9,11H2,1H3,(H,23,26). The average molecular weight is 379 g/mol. The Labute approximate surface area is 154 Å². The van der Waals surface area contributed by atoms with Crippen LogP contribution >= 0.6 is 0 Å². The smallest absolute Gasteiger partial charge is 0.353 e. The van der Waals surface area contributed by atoms with Crippen molar-refractivity contribution in [3.8, 4) is 0 Å². The number of H-pyrrole nitrogens is 1. The Morgan fingerprint density at radius 2 is 2.00 bits per heavy atom. The van der Waals surface area contributed by atoms with Gasteiger partial charge in [-0.3, -0.25) is 9.59 Å². The van der Waals surface area contributed by atoms with Gasteiger partial charge in [0.15, 0.2) is 0 Å². The summed E-state index contributed by atoms with van der Waals surface area (Å²) < 4.78 is 39.6. The Bertz CT molecular complexity index is 858. The van der Waals surface area contributed by atoms with Gasteiger partial charge in [0.25, 0.3) is 11.8 Å². The molecule has 0 spiro atoms. The van der Waals surface area contributed by atoms with Crippen molar-refractivity contribution in [1.29, 1.82) is 0 Å². The lowest BCUT2D eigenvalue weighted by Gasteiger charge is -2.28. The van der Waals surface area contributed by atoms with Crippen molar-refractivity contribution >= 4 is 11.8 Å². The molecule has 5 nitrogen and oxygen atoms in total. The second kappa shape index (κ2) is 7.46. The summed E-state index contributed by atoms with van der Waals surface area (Å²) in [5, 5.41) is 2.77. The highest BCUT2D eigenvalue weighted by Gasteiger charge is 2.36. The minimum absolute atomic E-state index is 0.140. The van der Waals surface area contributed by atoms with Gasteiger partial charge < -0.3 is 15.2 Å². The number of rotatable bonds is 4. The number of hydrogen-bond donors (Lipinski definition) is 2. The summed E-state index contributed by atoms with van der Waals surface area (Å²) >= 11 is 0. The van der Waals surface area contributed by atoms with E-state index in [9.17, 15) is 22.8 Å². The second-order valence-electron chi connectivity index (χ2n) is 6.46. The monoisotopic (exact) mass is 379 g/mol. The maximum absolute atomic E-state index is 13.2. The molecule has 0 fully saturated rings. The van der Waals surface area contributed by atoms with Crippen LogP contribution in [-0.4, -0.2) is 34.8 Å². The highest BCUT2D eigenvalue weighted by molar-refractivity contribution is 5.96. The molecule has 0 saturated carbocycles. The number of aromatic nitrogens is 1. The second-order valence-corrected chi connectivity index (χ2v) is 6.46. The van der Waals surface area contributed by atoms with Crippen LogP contribution in [0.3, 0.4) is 0 Å². The van der Waals surface area contributed by atoms with E-state index in [1.165, 1.54) is 23.1 Å². The third kappa shape index (κ3) is 3.99. The van der Waals surface area contributed by atoms with Crippen LogP contribution in [0.15, 0.2) is 30.3 Å². The molecule has 2 N–H and O–H groups in total. The molecule has 8 heteroatoms. The largest absolute Gasteiger partial charge is 0.417 e. The van der Waals surface area contributed by atoms with Gasteiger partial charge >= 0.3 is 6.18 Å². The first-order valence-electron chi connectivity index (χ1n) is 8.75. The Hall–Kier alpha value is -2.77. The molecule has 1 aliphatic rings. The molecule has 0 unspecified atom stereocenters. The third-order valence-corrected chi connectivity index (χ3v) is 4.52. The van der Waals surface area contributed by atoms with Crippen molar-refractivity contribution in [2.45, 2.75) is 32.5 Å². The SMILES string of the molecule is CCCNC(=O)c1cc2c([nH]1)CN(C(=O)c1ccccc1C(F)(F)F)CC2. The van der Waals surface area contributed by atoms with E-state index in [0.717, 1.165) is 18.1 Å². The first-order chi connectivity index (χ1) is 12.8. The molecule has 1 aliphatic heterocycles. The minimum atomic E-state index is -4.59. The van der Waals surface area contributed by atoms with Crippen LogP contribution < -0.4 is 5.32 Å². The summed E-state index contributed by atoms with van der Waals surface area (Å²) in [6.45, 7) is 2.94. The Morgan fingerprint density at radius 3 is 2.70 bits per heavy atom. The van der Waals surface area contributed by atoms with E-state index in [1.54, 1.807) is 6.07 Å². The molecule has 0 bridgehead atoms. The van der Waals surface area contributed by atoms with Gasteiger partial charge in [-0.05, 0) is 36.6 Å². The van der Waals surface area contributed by atoms with Crippen LogP contribution in [0.5, 0.6) is 0 Å². The first-order valence-corrected chi connectivity index (χ1v) is 8.75. The van der Waals surface area contributed by atoms with Crippen molar-refractivity contribution in [2.24, 2.45) is 0 Å². The molecule has 2 heterocycles. The number of nitrogens with one attached hydrogen (secondary N) is 2. The van der Waals surface area contributed by atoms with Crippen LogP contribution in [0.4, 0.5) is 13.2 Å². The average Bonchev–Trinajstić information content (AvgIpc) is 3.08. The third-order valence-electron chi connectivity index (χ3n) is 4.52. The number of halogens is 3.